The van der Waals surface area contributed by atoms with E-state index in [9.17, 15) is 0 Å². The molecule has 0 fully saturated rings. The Morgan fingerprint density at radius 3 is 2.70 bits per heavy atom. The van der Waals surface area contributed by atoms with E-state index in [0.717, 1.165) is 30.2 Å². The van der Waals surface area contributed by atoms with Crippen molar-refractivity contribution < 1.29 is 4.74 Å². The SMILES string of the molecule is CCNCc1cc(COc2c(C)nn(C)c2C)c(C)s1. The number of nitrogens with one attached hydrogen (secondary N) is 1. The van der Waals surface area contributed by atoms with Crippen LogP contribution in [-0.2, 0) is 20.2 Å². The molecule has 0 unspecified atom stereocenters. The predicted octanol–water partition coefficient (Wildman–Crippen LogP) is 3.10. The molecule has 0 spiro atoms. The van der Waals surface area contributed by atoms with E-state index in [-0.39, 0.29) is 0 Å². The topological polar surface area (TPSA) is 39.1 Å². The fraction of sp³-hybridized carbons (Fsp3) is 0.533. The molecule has 5 heteroatoms. The van der Waals surface area contributed by atoms with Crippen LogP contribution in [0.15, 0.2) is 6.07 Å². The van der Waals surface area contributed by atoms with Crippen LogP contribution in [-0.4, -0.2) is 16.3 Å². The van der Waals surface area contributed by atoms with Crippen LogP contribution in [0.3, 0.4) is 0 Å². The van der Waals surface area contributed by atoms with Crippen molar-refractivity contribution in [3.63, 3.8) is 0 Å². The van der Waals surface area contributed by atoms with Crippen LogP contribution in [0.5, 0.6) is 5.75 Å². The third-order valence-electron chi connectivity index (χ3n) is 3.44. The second-order valence-electron chi connectivity index (χ2n) is 4.99. The third-order valence-corrected chi connectivity index (χ3v) is 4.53. The predicted molar refractivity (Wildman–Crippen MR) is 83.5 cm³/mol. The summed E-state index contributed by atoms with van der Waals surface area (Å²) in [6.07, 6.45) is 0. The van der Waals surface area contributed by atoms with Gasteiger partial charge in [-0.1, -0.05) is 6.92 Å². The van der Waals surface area contributed by atoms with E-state index in [2.05, 4.69) is 30.3 Å². The van der Waals surface area contributed by atoms with E-state index in [0.29, 0.717) is 6.61 Å². The average molecular weight is 293 g/mol. The first-order valence-corrected chi connectivity index (χ1v) is 7.76. The monoisotopic (exact) mass is 293 g/mol. The molecule has 0 aliphatic carbocycles. The first-order valence-electron chi connectivity index (χ1n) is 6.94. The molecule has 0 aliphatic rings. The quantitative estimate of drug-likeness (QED) is 0.889. The van der Waals surface area contributed by atoms with Crippen molar-refractivity contribution in [1.82, 2.24) is 15.1 Å². The van der Waals surface area contributed by atoms with Crippen LogP contribution < -0.4 is 10.1 Å². The van der Waals surface area contributed by atoms with Gasteiger partial charge in [0, 0.05) is 28.9 Å². The Kier molecular flexibility index (Phi) is 4.83. The summed E-state index contributed by atoms with van der Waals surface area (Å²) in [6, 6.07) is 2.24. The molecular weight excluding hydrogens is 270 g/mol. The van der Waals surface area contributed by atoms with Crippen LogP contribution in [0.1, 0.15) is 33.6 Å². The molecule has 0 amide bonds. The second kappa shape index (κ2) is 6.41. The van der Waals surface area contributed by atoms with Crippen molar-refractivity contribution in [1.29, 1.82) is 0 Å². The summed E-state index contributed by atoms with van der Waals surface area (Å²) in [6.45, 7) is 10.8. The molecular formula is C15H23N3OS. The highest BCUT2D eigenvalue weighted by Crippen LogP contribution is 2.26. The highest BCUT2D eigenvalue weighted by Gasteiger charge is 2.12. The third kappa shape index (κ3) is 3.22. The summed E-state index contributed by atoms with van der Waals surface area (Å²) in [5.41, 5.74) is 3.29. The molecule has 0 saturated carbocycles. The lowest BCUT2D eigenvalue weighted by Gasteiger charge is -2.06. The molecule has 2 rings (SSSR count). The molecule has 0 atom stereocenters. The molecule has 4 nitrogen and oxygen atoms in total. The van der Waals surface area contributed by atoms with Gasteiger partial charge in [-0.15, -0.1) is 11.3 Å². The maximum absolute atomic E-state index is 5.98. The van der Waals surface area contributed by atoms with E-state index in [1.807, 2.05) is 36.9 Å². The zero-order valence-corrected chi connectivity index (χ0v) is 13.7. The van der Waals surface area contributed by atoms with Crippen LogP contribution in [0, 0.1) is 20.8 Å². The molecule has 0 radical (unpaired) electrons. The first kappa shape index (κ1) is 15.1. The smallest absolute Gasteiger partial charge is 0.163 e. The zero-order valence-electron chi connectivity index (χ0n) is 12.9. The Morgan fingerprint density at radius 1 is 1.35 bits per heavy atom. The molecule has 2 aromatic rings. The molecule has 2 heterocycles. The van der Waals surface area contributed by atoms with E-state index in [1.165, 1.54) is 15.3 Å². The first-order chi connectivity index (χ1) is 9.52. The number of nitrogens with zero attached hydrogens (tertiary/aromatic N) is 2. The lowest BCUT2D eigenvalue weighted by atomic mass is 10.2. The Morgan fingerprint density at radius 2 is 2.10 bits per heavy atom. The fourth-order valence-corrected chi connectivity index (χ4v) is 3.20. The lowest BCUT2D eigenvalue weighted by molar-refractivity contribution is 0.301. The minimum Gasteiger partial charge on any atom is -0.485 e. The molecule has 0 bridgehead atoms. The molecule has 2 aromatic heterocycles. The number of rotatable bonds is 6. The molecule has 1 N–H and O–H groups in total. The maximum Gasteiger partial charge on any atom is 0.163 e. The summed E-state index contributed by atoms with van der Waals surface area (Å²) >= 11 is 1.84. The van der Waals surface area contributed by atoms with Crippen LogP contribution in [0.4, 0.5) is 0 Å². The van der Waals surface area contributed by atoms with Crippen LogP contribution in [0.2, 0.25) is 0 Å². The van der Waals surface area contributed by atoms with Crippen molar-refractivity contribution in [3.8, 4) is 5.75 Å². The van der Waals surface area contributed by atoms with Crippen LogP contribution in [0.25, 0.3) is 0 Å². The van der Waals surface area contributed by atoms with Crippen molar-refractivity contribution in [2.75, 3.05) is 6.54 Å². The summed E-state index contributed by atoms with van der Waals surface area (Å²) in [7, 11) is 1.94. The average Bonchev–Trinajstić information content (AvgIpc) is 2.87. The number of aryl methyl sites for hydroxylation is 3. The second-order valence-corrected chi connectivity index (χ2v) is 6.33. The number of hydrogen-bond acceptors (Lipinski definition) is 4. The molecule has 20 heavy (non-hydrogen) atoms. The Bertz CT molecular complexity index is 586. The van der Waals surface area contributed by atoms with E-state index in [4.69, 9.17) is 4.74 Å². The molecule has 0 saturated heterocycles. The normalized spacial score (nSPS) is 11.1. The largest absolute Gasteiger partial charge is 0.485 e. The molecule has 110 valence electrons. The van der Waals surface area contributed by atoms with E-state index >= 15 is 0 Å². The number of hydrogen-bond donors (Lipinski definition) is 1. The van der Waals surface area contributed by atoms with Crippen molar-refractivity contribution in [3.05, 3.63) is 32.8 Å². The molecule has 0 aromatic carbocycles. The lowest BCUT2D eigenvalue weighted by Crippen LogP contribution is -2.10. The van der Waals surface area contributed by atoms with Gasteiger partial charge in [0.1, 0.15) is 12.3 Å². The maximum atomic E-state index is 5.98. The van der Waals surface area contributed by atoms with Crippen molar-refractivity contribution in [2.45, 2.75) is 40.8 Å². The Balaban J connectivity index is 2.05. The van der Waals surface area contributed by atoms with Gasteiger partial charge in [-0.3, -0.25) is 4.68 Å². The molecule has 0 aliphatic heterocycles. The minimum atomic E-state index is 0.613. The van der Waals surface area contributed by atoms with Crippen molar-refractivity contribution >= 4 is 11.3 Å². The van der Waals surface area contributed by atoms with Gasteiger partial charge in [0.25, 0.3) is 0 Å². The Labute approximate surface area is 124 Å². The zero-order chi connectivity index (χ0) is 14.7. The minimum absolute atomic E-state index is 0.613. The number of aromatic nitrogens is 2. The Hall–Kier alpha value is -1.33. The van der Waals surface area contributed by atoms with Gasteiger partial charge in [-0.05, 0) is 33.4 Å². The van der Waals surface area contributed by atoms with Crippen LogP contribution >= 0.6 is 11.3 Å². The van der Waals surface area contributed by atoms with E-state index in [1.54, 1.807) is 0 Å². The fourth-order valence-electron chi connectivity index (χ4n) is 2.18. The van der Waals surface area contributed by atoms with Gasteiger partial charge in [-0.2, -0.15) is 5.10 Å². The van der Waals surface area contributed by atoms with Gasteiger partial charge in [0.15, 0.2) is 5.75 Å². The highest BCUT2D eigenvalue weighted by molar-refractivity contribution is 7.12. The summed E-state index contributed by atoms with van der Waals surface area (Å²) in [5.74, 6) is 0.909. The summed E-state index contributed by atoms with van der Waals surface area (Å²) < 4.78 is 7.84. The van der Waals surface area contributed by atoms with Gasteiger partial charge in [0.2, 0.25) is 0 Å². The van der Waals surface area contributed by atoms with E-state index < -0.39 is 0 Å². The number of thiophene rings is 1. The summed E-state index contributed by atoms with van der Waals surface area (Å²) in [5, 5.41) is 7.73. The van der Waals surface area contributed by atoms with Gasteiger partial charge in [-0.25, -0.2) is 0 Å². The van der Waals surface area contributed by atoms with Gasteiger partial charge >= 0.3 is 0 Å². The van der Waals surface area contributed by atoms with Gasteiger partial charge < -0.3 is 10.1 Å². The standard InChI is InChI=1S/C15H23N3OS/c1-6-16-8-14-7-13(12(4)20-14)9-19-15-10(2)17-18(5)11(15)3/h7,16H,6,8-9H2,1-5H3. The number of ether oxygens (including phenoxy) is 1. The summed E-state index contributed by atoms with van der Waals surface area (Å²) in [4.78, 5) is 2.69. The highest BCUT2D eigenvalue weighted by atomic mass is 32.1. The van der Waals surface area contributed by atoms with Gasteiger partial charge in [0.05, 0.1) is 5.69 Å². The van der Waals surface area contributed by atoms with Crippen molar-refractivity contribution in [2.24, 2.45) is 7.05 Å².